The van der Waals surface area contributed by atoms with Gasteiger partial charge < -0.3 is 15.0 Å². The third-order valence-corrected chi connectivity index (χ3v) is 7.23. The van der Waals surface area contributed by atoms with E-state index in [0.29, 0.717) is 43.3 Å². The molecule has 0 bridgehead atoms. The second-order valence-corrected chi connectivity index (χ2v) is 11.6. The average molecular weight is 532 g/mol. The van der Waals surface area contributed by atoms with Crippen LogP contribution >= 0.6 is 0 Å². The van der Waals surface area contributed by atoms with Crippen LogP contribution in [0.1, 0.15) is 51.2 Å². The second kappa shape index (κ2) is 14.0. The summed E-state index contributed by atoms with van der Waals surface area (Å²) in [6.45, 7) is 8.90. The van der Waals surface area contributed by atoms with E-state index in [-0.39, 0.29) is 24.8 Å². The fourth-order valence-electron chi connectivity index (χ4n) is 4.00. The summed E-state index contributed by atoms with van der Waals surface area (Å²) in [6, 6.07) is 14.1. The van der Waals surface area contributed by atoms with Crippen molar-refractivity contribution in [3.05, 3.63) is 59.7 Å². The highest BCUT2D eigenvalue weighted by Crippen LogP contribution is 2.24. The number of amides is 2. The van der Waals surface area contributed by atoms with Crippen molar-refractivity contribution in [3.8, 4) is 5.75 Å². The maximum Gasteiger partial charge on any atom is 0.242 e. The number of carbonyl (C=O) groups excluding carboxylic acids is 2. The predicted octanol–water partition coefficient (Wildman–Crippen LogP) is 4.13. The Kier molecular flexibility index (Phi) is 11.4. The Morgan fingerprint density at radius 2 is 1.76 bits per heavy atom. The summed E-state index contributed by atoms with van der Waals surface area (Å²) in [5.41, 5.74) is 2.52. The zero-order valence-corrected chi connectivity index (χ0v) is 23.7. The lowest BCUT2D eigenvalue weighted by atomic mass is 10.1. The molecule has 2 aromatic carbocycles. The molecule has 0 saturated heterocycles. The van der Waals surface area contributed by atoms with E-state index in [1.165, 1.54) is 11.4 Å². The molecule has 0 aromatic heterocycles. The van der Waals surface area contributed by atoms with Gasteiger partial charge in [-0.2, -0.15) is 0 Å². The fourth-order valence-corrected chi connectivity index (χ4v) is 4.96. The van der Waals surface area contributed by atoms with Crippen LogP contribution in [0.15, 0.2) is 48.5 Å². The van der Waals surface area contributed by atoms with Crippen molar-refractivity contribution in [2.75, 3.05) is 30.8 Å². The van der Waals surface area contributed by atoms with Gasteiger partial charge in [-0.05, 0) is 43.4 Å². The van der Waals surface area contributed by atoms with Crippen molar-refractivity contribution < 1.29 is 22.7 Å². The predicted molar refractivity (Wildman–Crippen MR) is 148 cm³/mol. The first kappa shape index (κ1) is 30.2. The van der Waals surface area contributed by atoms with E-state index in [0.717, 1.165) is 17.4 Å². The maximum atomic E-state index is 13.5. The highest BCUT2D eigenvalue weighted by molar-refractivity contribution is 7.92. The number of ether oxygens (including phenoxy) is 1. The Hall–Kier alpha value is -3.07. The summed E-state index contributed by atoms with van der Waals surface area (Å²) in [6.07, 6.45) is 2.03. The van der Waals surface area contributed by atoms with Crippen LogP contribution in [0.2, 0.25) is 0 Å². The topological polar surface area (TPSA) is 96.0 Å². The van der Waals surface area contributed by atoms with E-state index in [9.17, 15) is 18.0 Å². The standard InChI is InChI=1S/C28H41N3O5S/c1-7-26(28(33)29-19-21(2)3)30(20-23-15-13-22(4)14-16-23)27(32)12-9-17-31(37(6,34)35)24-10-8-11-25(18-24)36-5/h8,10-11,13-16,18,21,26H,7,9,12,17,19-20H2,1-6H3,(H,29,33)/t26-/m1/s1. The molecular formula is C28H41N3O5S. The minimum Gasteiger partial charge on any atom is -0.497 e. The third-order valence-electron chi connectivity index (χ3n) is 6.04. The molecule has 0 aliphatic heterocycles. The third kappa shape index (κ3) is 9.39. The number of nitrogens with zero attached hydrogens (tertiary/aromatic N) is 2. The molecular weight excluding hydrogens is 490 g/mol. The van der Waals surface area contributed by atoms with E-state index < -0.39 is 16.1 Å². The summed E-state index contributed by atoms with van der Waals surface area (Å²) in [4.78, 5) is 28.1. The molecule has 1 N–H and O–H groups in total. The van der Waals surface area contributed by atoms with E-state index in [2.05, 4.69) is 5.32 Å². The first-order valence-electron chi connectivity index (χ1n) is 12.7. The van der Waals surface area contributed by atoms with E-state index in [1.807, 2.05) is 52.0 Å². The van der Waals surface area contributed by atoms with Crippen molar-refractivity contribution >= 4 is 27.5 Å². The van der Waals surface area contributed by atoms with Gasteiger partial charge in [0.25, 0.3) is 0 Å². The number of rotatable bonds is 14. The van der Waals surface area contributed by atoms with Crippen LogP contribution in [0.5, 0.6) is 5.75 Å². The zero-order chi connectivity index (χ0) is 27.6. The molecule has 0 radical (unpaired) electrons. The Morgan fingerprint density at radius 3 is 2.32 bits per heavy atom. The molecule has 204 valence electrons. The molecule has 9 heteroatoms. The van der Waals surface area contributed by atoms with Gasteiger partial charge in [0.15, 0.2) is 0 Å². The Morgan fingerprint density at radius 1 is 1.08 bits per heavy atom. The van der Waals surface area contributed by atoms with Crippen molar-refractivity contribution in [1.29, 1.82) is 0 Å². The van der Waals surface area contributed by atoms with Crippen LogP contribution < -0.4 is 14.4 Å². The molecule has 37 heavy (non-hydrogen) atoms. The monoisotopic (exact) mass is 531 g/mol. The lowest BCUT2D eigenvalue weighted by molar-refractivity contribution is -0.141. The first-order chi connectivity index (χ1) is 17.5. The summed E-state index contributed by atoms with van der Waals surface area (Å²) in [7, 11) is -2.05. The van der Waals surface area contributed by atoms with E-state index >= 15 is 0 Å². The van der Waals surface area contributed by atoms with Gasteiger partial charge in [0.05, 0.1) is 19.1 Å². The van der Waals surface area contributed by atoms with Crippen molar-refractivity contribution in [3.63, 3.8) is 0 Å². The number of nitrogens with one attached hydrogen (secondary N) is 1. The fraction of sp³-hybridized carbons (Fsp3) is 0.500. The molecule has 0 saturated carbocycles. The van der Waals surface area contributed by atoms with E-state index in [4.69, 9.17) is 4.74 Å². The lowest BCUT2D eigenvalue weighted by Crippen LogP contribution is -2.49. The molecule has 8 nitrogen and oxygen atoms in total. The number of hydrogen-bond acceptors (Lipinski definition) is 5. The van der Waals surface area contributed by atoms with Crippen LogP contribution in [0.25, 0.3) is 0 Å². The molecule has 0 heterocycles. The van der Waals surface area contributed by atoms with Crippen LogP contribution in [-0.2, 0) is 26.2 Å². The molecule has 2 aromatic rings. The largest absolute Gasteiger partial charge is 0.497 e. The number of anilines is 1. The lowest BCUT2D eigenvalue weighted by Gasteiger charge is -2.31. The summed E-state index contributed by atoms with van der Waals surface area (Å²) in [5.74, 6) is 0.475. The first-order valence-corrected chi connectivity index (χ1v) is 14.6. The van der Waals surface area contributed by atoms with Crippen LogP contribution in [0.4, 0.5) is 5.69 Å². The molecule has 1 atom stereocenters. The van der Waals surface area contributed by atoms with Crippen LogP contribution in [-0.4, -0.2) is 57.6 Å². The van der Waals surface area contributed by atoms with Gasteiger partial charge in [-0.1, -0.05) is 56.7 Å². The van der Waals surface area contributed by atoms with Gasteiger partial charge in [0.2, 0.25) is 21.8 Å². The van der Waals surface area contributed by atoms with Crippen molar-refractivity contribution in [2.24, 2.45) is 5.92 Å². The number of hydrogen-bond donors (Lipinski definition) is 1. The zero-order valence-electron chi connectivity index (χ0n) is 22.9. The maximum absolute atomic E-state index is 13.5. The minimum absolute atomic E-state index is 0.107. The molecule has 2 rings (SSSR count). The molecule has 0 aliphatic carbocycles. The Labute approximate surface area is 222 Å². The number of benzene rings is 2. The van der Waals surface area contributed by atoms with Crippen LogP contribution in [0, 0.1) is 12.8 Å². The quantitative estimate of drug-likeness (QED) is 0.396. The molecule has 2 amide bonds. The number of aryl methyl sites for hydroxylation is 1. The van der Waals surface area contributed by atoms with Gasteiger partial charge in [0, 0.05) is 32.1 Å². The van der Waals surface area contributed by atoms with Crippen LogP contribution in [0.3, 0.4) is 0 Å². The summed E-state index contributed by atoms with van der Waals surface area (Å²) in [5, 5.41) is 2.96. The smallest absolute Gasteiger partial charge is 0.242 e. The SMILES string of the molecule is CC[C@H](C(=O)NCC(C)C)N(Cc1ccc(C)cc1)C(=O)CCCN(c1cccc(OC)c1)S(C)(=O)=O. The van der Waals surface area contributed by atoms with E-state index in [1.54, 1.807) is 29.2 Å². The molecule has 0 spiro atoms. The summed E-state index contributed by atoms with van der Waals surface area (Å²) >= 11 is 0. The molecule has 0 aliphatic rings. The van der Waals surface area contributed by atoms with Crippen molar-refractivity contribution in [2.45, 2.75) is 59.5 Å². The number of sulfonamides is 1. The highest BCUT2D eigenvalue weighted by Gasteiger charge is 2.29. The highest BCUT2D eigenvalue weighted by atomic mass is 32.2. The Balaban J connectivity index is 2.21. The van der Waals surface area contributed by atoms with Gasteiger partial charge >= 0.3 is 0 Å². The average Bonchev–Trinajstić information content (AvgIpc) is 2.85. The molecule has 0 fully saturated rings. The molecule has 0 unspecified atom stereocenters. The normalized spacial score (nSPS) is 12.2. The summed E-state index contributed by atoms with van der Waals surface area (Å²) < 4.78 is 31.5. The van der Waals surface area contributed by atoms with Gasteiger partial charge in [-0.3, -0.25) is 13.9 Å². The number of methoxy groups -OCH3 is 1. The van der Waals surface area contributed by atoms with Gasteiger partial charge in [-0.15, -0.1) is 0 Å². The Bertz CT molecular complexity index is 1130. The van der Waals surface area contributed by atoms with Gasteiger partial charge in [-0.25, -0.2) is 8.42 Å². The van der Waals surface area contributed by atoms with Gasteiger partial charge in [0.1, 0.15) is 11.8 Å². The second-order valence-electron chi connectivity index (χ2n) is 9.71. The van der Waals surface area contributed by atoms with Crippen molar-refractivity contribution in [1.82, 2.24) is 10.2 Å². The number of carbonyl (C=O) groups is 2. The minimum atomic E-state index is -3.57.